The smallest absolute Gasteiger partial charge is 0.437 e. The van der Waals surface area contributed by atoms with E-state index in [1.54, 1.807) is 39.2 Å². The van der Waals surface area contributed by atoms with Crippen molar-refractivity contribution in [2.45, 2.75) is 26.4 Å². The van der Waals surface area contributed by atoms with Crippen molar-refractivity contribution in [3.63, 3.8) is 0 Å². The SMILES string of the molecule is CC(C)(C)OC(=O)n1nc(-c2ccc3ncccc3c2)cc1N.Nc1cc(-c2ccc3ncccc3c2)[nH]n1. The number of nitrogens with one attached hydrogen (secondary N) is 1. The maximum Gasteiger partial charge on any atom is 0.437 e. The Morgan fingerprint density at radius 1 is 0.846 bits per heavy atom. The van der Waals surface area contributed by atoms with Crippen LogP contribution in [0.5, 0.6) is 0 Å². The van der Waals surface area contributed by atoms with Crippen molar-refractivity contribution in [3.05, 3.63) is 85.2 Å². The number of nitrogens with zero attached hydrogens (tertiary/aromatic N) is 5. The Kier molecular flexibility index (Phi) is 6.68. The van der Waals surface area contributed by atoms with E-state index in [1.807, 2.05) is 60.7 Å². The van der Waals surface area contributed by atoms with Gasteiger partial charge in [0, 0.05) is 46.4 Å². The molecule has 0 bridgehead atoms. The van der Waals surface area contributed by atoms with E-state index in [4.69, 9.17) is 16.2 Å². The van der Waals surface area contributed by atoms with Gasteiger partial charge in [-0.15, -0.1) is 4.68 Å². The average Bonchev–Trinajstić information content (AvgIpc) is 3.53. The van der Waals surface area contributed by atoms with E-state index in [9.17, 15) is 4.79 Å². The number of nitrogens with two attached hydrogens (primary N) is 2. The number of fused-ring (bicyclic) bond motifs is 2. The van der Waals surface area contributed by atoms with E-state index >= 15 is 0 Å². The lowest BCUT2D eigenvalue weighted by Crippen LogP contribution is -2.28. The number of benzene rings is 2. The van der Waals surface area contributed by atoms with E-state index < -0.39 is 11.7 Å². The second-order valence-electron chi connectivity index (χ2n) is 9.87. The van der Waals surface area contributed by atoms with Crippen molar-refractivity contribution in [2.75, 3.05) is 11.5 Å². The van der Waals surface area contributed by atoms with Crippen LogP contribution in [0.25, 0.3) is 44.3 Å². The largest absolute Gasteiger partial charge is 0.442 e. The van der Waals surface area contributed by atoms with Crippen molar-refractivity contribution >= 4 is 39.5 Å². The van der Waals surface area contributed by atoms with Crippen molar-refractivity contribution in [1.82, 2.24) is 29.9 Å². The molecule has 0 spiro atoms. The number of rotatable bonds is 2. The van der Waals surface area contributed by atoms with Gasteiger partial charge in [-0.2, -0.15) is 10.2 Å². The molecule has 0 atom stereocenters. The summed E-state index contributed by atoms with van der Waals surface area (Å²) in [5.41, 5.74) is 16.2. The Morgan fingerprint density at radius 3 is 2.05 bits per heavy atom. The van der Waals surface area contributed by atoms with Crippen LogP contribution in [0.1, 0.15) is 20.8 Å². The third-order valence-corrected chi connectivity index (χ3v) is 5.71. The zero-order valence-electron chi connectivity index (χ0n) is 21.8. The number of hydrogen-bond donors (Lipinski definition) is 3. The molecule has 5 N–H and O–H groups in total. The zero-order valence-corrected chi connectivity index (χ0v) is 21.8. The van der Waals surface area contributed by atoms with Crippen molar-refractivity contribution in [1.29, 1.82) is 0 Å². The second kappa shape index (κ2) is 10.3. The molecule has 2 aromatic carbocycles. The first-order valence-corrected chi connectivity index (χ1v) is 12.3. The fourth-order valence-electron chi connectivity index (χ4n) is 3.95. The highest BCUT2D eigenvalue weighted by atomic mass is 16.6. The summed E-state index contributed by atoms with van der Waals surface area (Å²) in [5, 5.41) is 13.2. The summed E-state index contributed by atoms with van der Waals surface area (Å²) >= 11 is 0. The lowest BCUT2D eigenvalue weighted by molar-refractivity contribution is 0.0519. The number of aromatic nitrogens is 6. The number of carbonyl (C=O) groups is 1. The predicted molar refractivity (Wildman–Crippen MR) is 153 cm³/mol. The number of pyridine rings is 2. The maximum atomic E-state index is 12.1. The number of ether oxygens (including phenoxy) is 1. The van der Waals surface area contributed by atoms with Crippen LogP contribution in [-0.2, 0) is 4.74 Å². The predicted octanol–water partition coefficient (Wildman–Crippen LogP) is 5.67. The van der Waals surface area contributed by atoms with Crippen molar-refractivity contribution in [3.8, 4) is 22.5 Å². The molecule has 0 saturated carbocycles. The van der Waals surface area contributed by atoms with Crippen LogP contribution in [0.2, 0.25) is 0 Å². The fourth-order valence-corrected chi connectivity index (χ4v) is 3.95. The molecule has 0 saturated heterocycles. The molecule has 39 heavy (non-hydrogen) atoms. The lowest BCUT2D eigenvalue weighted by atomic mass is 10.1. The van der Waals surface area contributed by atoms with Crippen LogP contribution in [0.15, 0.2) is 85.2 Å². The molecule has 6 rings (SSSR count). The van der Waals surface area contributed by atoms with E-state index in [0.717, 1.165) is 43.3 Å². The van der Waals surface area contributed by atoms with Crippen molar-refractivity contribution in [2.24, 2.45) is 0 Å². The van der Waals surface area contributed by atoms with Crippen LogP contribution in [0, 0.1) is 0 Å². The minimum absolute atomic E-state index is 0.237. The molecule has 196 valence electrons. The van der Waals surface area contributed by atoms with Gasteiger partial charge < -0.3 is 16.2 Å². The monoisotopic (exact) mass is 520 g/mol. The van der Waals surface area contributed by atoms with E-state index in [-0.39, 0.29) is 5.82 Å². The summed E-state index contributed by atoms with van der Waals surface area (Å²) in [4.78, 5) is 20.7. The van der Waals surface area contributed by atoms with Gasteiger partial charge in [0.05, 0.1) is 22.4 Å². The minimum atomic E-state index is -0.607. The maximum absolute atomic E-state index is 12.1. The molecule has 6 aromatic rings. The second-order valence-corrected chi connectivity index (χ2v) is 9.87. The number of aromatic amines is 1. The molecule has 0 amide bonds. The summed E-state index contributed by atoms with van der Waals surface area (Å²) in [6, 6.07) is 23.1. The van der Waals surface area contributed by atoms with Gasteiger partial charge in [-0.25, -0.2) is 4.79 Å². The van der Waals surface area contributed by atoms with Gasteiger partial charge in [0.1, 0.15) is 17.2 Å². The average molecular weight is 521 g/mol. The molecule has 4 aromatic heterocycles. The van der Waals surface area contributed by atoms with Gasteiger partial charge in [-0.1, -0.05) is 24.3 Å². The number of H-pyrrole nitrogens is 1. The third kappa shape index (κ3) is 5.85. The fraction of sp³-hybridized carbons (Fsp3) is 0.138. The van der Waals surface area contributed by atoms with Gasteiger partial charge in [-0.3, -0.25) is 15.1 Å². The third-order valence-electron chi connectivity index (χ3n) is 5.71. The first kappa shape index (κ1) is 25.4. The first-order valence-electron chi connectivity index (χ1n) is 12.3. The van der Waals surface area contributed by atoms with Crippen LogP contribution < -0.4 is 11.5 Å². The molecule has 10 heteroatoms. The number of anilines is 2. The molecular formula is C29H28N8O2. The highest BCUT2D eigenvalue weighted by molar-refractivity contribution is 5.85. The summed E-state index contributed by atoms with van der Waals surface area (Å²) in [6.45, 7) is 5.38. The van der Waals surface area contributed by atoms with Gasteiger partial charge in [0.2, 0.25) is 0 Å². The van der Waals surface area contributed by atoms with Crippen LogP contribution >= 0.6 is 0 Å². The summed E-state index contributed by atoms with van der Waals surface area (Å²) < 4.78 is 6.37. The molecule has 0 aliphatic carbocycles. The lowest BCUT2D eigenvalue weighted by Gasteiger charge is -2.19. The summed E-state index contributed by atoms with van der Waals surface area (Å²) in [7, 11) is 0. The zero-order chi connectivity index (χ0) is 27.6. The van der Waals surface area contributed by atoms with Gasteiger partial charge in [0.15, 0.2) is 0 Å². The highest BCUT2D eigenvalue weighted by Crippen LogP contribution is 2.25. The first-order chi connectivity index (χ1) is 18.7. The van der Waals surface area contributed by atoms with Crippen LogP contribution in [0.3, 0.4) is 0 Å². The number of hydrogen-bond acceptors (Lipinski definition) is 8. The molecule has 0 unspecified atom stereocenters. The molecule has 0 aliphatic heterocycles. The Bertz CT molecular complexity index is 1780. The molecule has 10 nitrogen and oxygen atoms in total. The van der Waals surface area contributed by atoms with E-state index in [1.165, 1.54) is 0 Å². The standard InChI is InChI=1S/C17H18N4O2.C12H10N4/c1-17(2,3)23-16(22)21-15(18)10-14(20-21)12-6-7-13-11(9-12)5-4-8-19-13;13-12-7-11(15-16-12)9-3-4-10-8(6-9)2-1-5-14-10/h4-10H,18H2,1-3H3;1-7H,(H3,13,15,16). The van der Waals surface area contributed by atoms with Gasteiger partial charge in [-0.05, 0) is 57.2 Å². The van der Waals surface area contributed by atoms with Crippen LogP contribution in [-0.4, -0.2) is 41.6 Å². The molecule has 0 aliphatic rings. The molecular weight excluding hydrogens is 492 g/mol. The van der Waals surface area contributed by atoms with E-state index in [0.29, 0.717) is 11.5 Å². The summed E-state index contributed by atoms with van der Waals surface area (Å²) in [6.07, 6.45) is 2.94. The molecule has 0 radical (unpaired) electrons. The number of nitrogen functional groups attached to an aromatic ring is 2. The van der Waals surface area contributed by atoms with Crippen molar-refractivity contribution < 1.29 is 9.53 Å². The van der Waals surface area contributed by atoms with Gasteiger partial charge >= 0.3 is 6.09 Å². The topological polar surface area (TPSA) is 151 Å². The Labute approximate surface area is 224 Å². The summed E-state index contributed by atoms with van der Waals surface area (Å²) in [5.74, 6) is 0.738. The molecule has 0 fully saturated rings. The number of carbonyl (C=O) groups excluding carboxylic acids is 1. The Hall–Kier alpha value is -5.25. The molecule has 4 heterocycles. The highest BCUT2D eigenvalue weighted by Gasteiger charge is 2.21. The minimum Gasteiger partial charge on any atom is -0.442 e. The van der Waals surface area contributed by atoms with Gasteiger partial charge in [0.25, 0.3) is 0 Å². The Balaban J connectivity index is 0.000000168. The van der Waals surface area contributed by atoms with Crippen LogP contribution in [0.4, 0.5) is 16.4 Å². The van der Waals surface area contributed by atoms with E-state index in [2.05, 4.69) is 31.3 Å². The quantitative estimate of drug-likeness (QED) is 0.264. The Morgan fingerprint density at radius 2 is 1.46 bits per heavy atom. The normalized spacial score (nSPS) is 11.3.